The maximum atomic E-state index is 12.6. The van der Waals surface area contributed by atoms with E-state index in [-0.39, 0.29) is 22.9 Å². The summed E-state index contributed by atoms with van der Waals surface area (Å²) < 4.78 is 25.7. The number of nitrogens with zero attached hydrogens (tertiary/aromatic N) is 4. The first-order valence-corrected chi connectivity index (χ1v) is 8.34. The van der Waals surface area contributed by atoms with Gasteiger partial charge < -0.3 is 9.80 Å². The predicted molar refractivity (Wildman–Crippen MR) is 82.5 cm³/mol. The molecule has 2 saturated heterocycles. The lowest BCUT2D eigenvalue weighted by molar-refractivity contribution is -0.138. The molecule has 0 bridgehead atoms. The highest BCUT2D eigenvalue weighted by Gasteiger charge is 2.42. The molecule has 3 heterocycles. The highest BCUT2D eigenvalue weighted by molar-refractivity contribution is 5.92. The van der Waals surface area contributed by atoms with Crippen LogP contribution in [0.25, 0.3) is 0 Å². The molecule has 0 aromatic carbocycles. The third-order valence-corrected chi connectivity index (χ3v) is 5.11. The summed E-state index contributed by atoms with van der Waals surface area (Å²) in [6.07, 6.45) is 4.24. The average Bonchev–Trinajstić information content (AvgIpc) is 3.07. The maximum Gasteiger partial charge on any atom is 0.333 e. The van der Waals surface area contributed by atoms with Crippen LogP contribution in [-0.4, -0.2) is 57.6 Å². The Balaban J connectivity index is 1.73. The van der Waals surface area contributed by atoms with Gasteiger partial charge in [-0.3, -0.25) is 9.59 Å². The number of rotatable bonds is 3. The van der Waals surface area contributed by atoms with Crippen molar-refractivity contribution in [3.8, 4) is 0 Å². The second-order valence-electron chi connectivity index (χ2n) is 6.70. The SMILES string of the molecule is CCN1CC2(CCCN(C(=O)c3ccn(C(F)F)n3)C2)CCC1=O. The smallest absolute Gasteiger partial charge is 0.333 e. The van der Waals surface area contributed by atoms with E-state index in [0.717, 1.165) is 25.5 Å². The Hall–Kier alpha value is -1.99. The molecule has 0 aliphatic carbocycles. The Bertz CT molecular complexity index is 633. The van der Waals surface area contributed by atoms with Crippen molar-refractivity contribution in [3.05, 3.63) is 18.0 Å². The van der Waals surface area contributed by atoms with Gasteiger partial charge in [0.1, 0.15) is 0 Å². The zero-order chi connectivity index (χ0) is 17.3. The van der Waals surface area contributed by atoms with Crippen molar-refractivity contribution in [2.75, 3.05) is 26.2 Å². The molecule has 0 saturated carbocycles. The molecular formula is C16H22F2N4O2. The molecule has 1 aromatic heterocycles. The summed E-state index contributed by atoms with van der Waals surface area (Å²) in [7, 11) is 0. The van der Waals surface area contributed by atoms with Crippen LogP contribution >= 0.6 is 0 Å². The minimum absolute atomic E-state index is 0.0478. The Morgan fingerprint density at radius 3 is 2.83 bits per heavy atom. The molecule has 3 rings (SSSR count). The first-order chi connectivity index (χ1) is 11.4. The molecule has 2 aliphatic heterocycles. The molecule has 8 heteroatoms. The van der Waals surface area contributed by atoms with Crippen molar-refractivity contribution in [1.29, 1.82) is 0 Å². The second-order valence-corrected chi connectivity index (χ2v) is 6.70. The minimum atomic E-state index is -2.75. The number of halogens is 2. The van der Waals surface area contributed by atoms with E-state index in [2.05, 4.69) is 5.10 Å². The Morgan fingerprint density at radius 1 is 1.38 bits per heavy atom. The van der Waals surface area contributed by atoms with Crippen LogP contribution < -0.4 is 0 Å². The zero-order valence-electron chi connectivity index (χ0n) is 13.8. The van der Waals surface area contributed by atoms with E-state index in [9.17, 15) is 18.4 Å². The van der Waals surface area contributed by atoms with Crippen LogP contribution in [0.3, 0.4) is 0 Å². The third-order valence-electron chi connectivity index (χ3n) is 5.11. The summed E-state index contributed by atoms with van der Waals surface area (Å²) in [5.74, 6) is -0.143. The normalized spacial score (nSPS) is 24.9. The lowest BCUT2D eigenvalue weighted by Gasteiger charge is -2.48. The number of likely N-dealkylation sites (tertiary alicyclic amines) is 2. The van der Waals surface area contributed by atoms with Crippen LogP contribution in [0, 0.1) is 5.41 Å². The largest absolute Gasteiger partial charge is 0.342 e. The van der Waals surface area contributed by atoms with Gasteiger partial charge in [0.15, 0.2) is 5.69 Å². The lowest BCUT2D eigenvalue weighted by Crippen LogP contribution is -2.55. The molecule has 1 aromatic rings. The summed E-state index contributed by atoms with van der Waals surface area (Å²) in [6, 6.07) is 1.33. The third kappa shape index (κ3) is 3.14. The molecule has 2 amide bonds. The number of piperidine rings is 2. The fourth-order valence-electron chi connectivity index (χ4n) is 3.83. The summed E-state index contributed by atoms with van der Waals surface area (Å²) in [5, 5.41) is 3.67. The number of alkyl halides is 2. The molecule has 2 aliphatic rings. The highest BCUT2D eigenvalue weighted by atomic mass is 19.3. The van der Waals surface area contributed by atoms with Gasteiger partial charge in [-0.1, -0.05) is 0 Å². The standard InChI is InChI=1S/C16H22F2N4O2/c1-2-20-10-16(7-4-13(20)23)6-3-8-21(11-16)14(24)12-5-9-22(19-12)15(17)18/h5,9,15H,2-4,6-8,10-11H2,1H3. The summed E-state index contributed by atoms with van der Waals surface area (Å²) in [5.41, 5.74) is -0.0325. The van der Waals surface area contributed by atoms with Crippen LogP contribution in [0.5, 0.6) is 0 Å². The van der Waals surface area contributed by atoms with Crippen LogP contribution in [0.4, 0.5) is 8.78 Å². The van der Waals surface area contributed by atoms with Crippen LogP contribution in [0.15, 0.2) is 12.3 Å². The van der Waals surface area contributed by atoms with Crippen LogP contribution in [-0.2, 0) is 4.79 Å². The van der Waals surface area contributed by atoms with E-state index in [1.165, 1.54) is 6.07 Å². The number of hydrogen-bond donors (Lipinski definition) is 0. The van der Waals surface area contributed by atoms with E-state index in [1.54, 1.807) is 4.90 Å². The van der Waals surface area contributed by atoms with Gasteiger partial charge in [-0.05, 0) is 32.3 Å². The van der Waals surface area contributed by atoms with Crippen molar-refractivity contribution >= 4 is 11.8 Å². The molecule has 0 N–H and O–H groups in total. The molecule has 1 spiro atoms. The van der Waals surface area contributed by atoms with Crippen molar-refractivity contribution in [1.82, 2.24) is 19.6 Å². The van der Waals surface area contributed by atoms with Gasteiger partial charge in [0.2, 0.25) is 5.91 Å². The minimum Gasteiger partial charge on any atom is -0.342 e. The summed E-state index contributed by atoms with van der Waals surface area (Å²) in [6.45, 7) is 1.70. The van der Waals surface area contributed by atoms with Crippen LogP contribution in [0.1, 0.15) is 49.6 Å². The van der Waals surface area contributed by atoms with Gasteiger partial charge in [0.05, 0.1) is 0 Å². The molecule has 6 nitrogen and oxygen atoms in total. The number of carbonyl (C=O) groups is 2. The van der Waals surface area contributed by atoms with Gasteiger partial charge in [0, 0.05) is 44.2 Å². The molecule has 0 radical (unpaired) electrons. The Labute approximate surface area is 139 Å². The van der Waals surface area contributed by atoms with Crippen molar-refractivity contribution in [2.45, 2.75) is 39.2 Å². The highest BCUT2D eigenvalue weighted by Crippen LogP contribution is 2.39. The van der Waals surface area contributed by atoms with Gasteiger partial charge in [-0.25, -0.2) is 4.68 Å². The number of hydrogen-bond acceptors (Lipinski definition) is 3. The Kier molecular flexibility index (Phi) is 4.56. The molecule has 24 heavy (non-hydrogen) atoms. The van der Waals surface area contributed by atoms with E-state index >= 15 is 0 Å². The first-order valence-electron chi connectivity index (χ1n) is 8.34. The topological polar surface area (TPSA) is 58.4 Å². The van der Waals surface area contributed by atoms with Gasteiger partial charge in [0.25, 0.3) is 5.91 Å². The Morgan fingerprint density at radius 2 is 2.17 bits per heavy atom. The quantitative estimate of drug-likeness (QED) is 0.847. The fraction of sp³-hybridized carbons (Fsp3) is 0.688. The molecule has 2 fully saturated rings. The second kappa shape index (κ2) is 6.49. The van der Waals surface area contributed by atoms with Crippen molar-refractivity contribution in [2.24, 2.45) is 5.41 Å². The van der Waals surface area contributed by atoms with E-state index in [0.29, 0.717) is 37.3 Å². The molecule has 132 valence electrons. The van der Waals surface area contributed by atoms with E-state index < -0.39 is 6.55 Å². The van der Waals surface area contributed by atoms with E-state index in [1.807, 2.05) is 11.8 Å². The summed E-state index contributed by atoms with van der Waals surface area (Å²) in [4.78, 5) is 28.1. The average molecular weight is 340 g/mol. The fourth-order valence-corrected chi connectivity index (χ4v) is 3.83. The van der Waals surface area contributed by atoms with Crippen molar-refractivity contribution < 1.29 is 18.4 Å². The van der Waals surface area contributed by atoms with Crippen LogP contribution in [0.2, 0.25) is 0 Å². The van der Waals surface area contributed by atoms with Crippen molar-refractivity contribution in [3.63, 3.8) is 0 Å². The monoisotopic (exact) mass is 340 g/mol. The summed E-state index contributed by atoms with van der Waals surface area (Å²) >= 11 is 0. The van der Waals surface area contributed by atoms with E-state index in [4.69, 9.17) is 0 Å². The number of aromatic nitrogens is 2. The van der Waals surface area contributed by atoms with Gasteiger partial charge >= 0.3 is 6.55 Å². The molecule has 1 atom stereocenters. The predicted octanol–water partition coefficient (Wildman–Crippen LogP) is 2.14. The van der Waals surface area contributed by atoms with Gasteiger partial charge in [-0.2, -0.15) is 13.9 Å². The number of carbonyl (C=O) groups excluding carboxylic acids is 2. The zero-order valence-corrected chi connectivity index (χ0v) is 13.8. The lowest BCUT2D eigenvalue weighted by atomic mass is 9.73. The van der Waals surface area contributed by atoms with Gasteiger partial charge in [-0.15, -0.1) is 0 Å². The molecule has 1 unspecified atom stereocenters. The maximum absolute atomic E-state index is 12.6. The first kappa shape index (κ1) is 16.9. The molecular weight excluding hydrogens is 318 g/mol. The number of amides is 2.